The summed E-state index contributed by atoms with van der Waals surface area (Å²) in [5.74, 6) is -0.847. The van der Waals surface area contributed by atoms with Crippen molar-refractivity contribution in [1.82, 2.24) is 10.2 Å². The van der Waals surface area contributed by atoms with Crippen LogP contribution in [-0.4, -0.2) is 41.0 Å². The van der Waals surface area contributed by atoms with Gasteiger partial charge < -0.3 is 10.4 Å². The van der Waals surface area contributed by atoms with Crippen LogP contribution >= 0.6 is 0 Å². The lowest BCUT2D eigenvalue weighted by molar-refractivity contribution is -0.138. The fourth-order valence-electron chi connectivity index (χ4n) is 2.68. The number of aryl methyl sites for hydroxylation is 1. The minimum Gasteiger partial charge on any atom is -0.481 e. The lowest BCUT2D eigenvalue weighted by Gasteiger charge is -2.22. The molecule has 0 aromatic heterocycles. The molecular formula is C16H22N2O3. The number of nitrogens with zero attached hydrogens (tertiary/aromatic N) is 1. The molecule has 1 amide bonds. The van der Waals surface area contributed by atoms with Crippen LogP contribution in [0.15, 0.2) is 24.3 Å². The Morgan fingerprint density at radius 1 is 1.33 bits per heavy atom. The van der Waals surface area contributed by atoms with Gasteiger partial charge in [0, 0.05) is 12.6 Å². The number of likely N-dealkylation sites (tertiary alicyclic amines) is 1. The predicted molar refractivity (Wildman–Crippen MR) is 79.9 cm³/mol. The molecule has 0 aliphatic carbocycles. The van der Waals surface area contributed by atoms with Crippen molar-refractivity contribution in [1.29, 1.82) is 0 Å². The van der Waals surface area contributed by atoms with Crippen LogP contribution in [-0.2, 0) is 16.1 Å². The molecule has 1 heterocycles. The van der Waals surface area contributed by atoms with Crippen LogP contribution in [0, 0.1) is 6.92 Å². The molecule has 0 radical (unpaired) electrons. The van der Waals surface area contributed by atoms with Gasteiger partial charge in [0.25, 0.3) is 0 Å². The highest BCUT2D eigenvalue weighted by atomic mass is 16.4. The van der Waals surface area contributed by atoms with Crippen LogP contribution in [0.3, 0.4) is 0 Å². The van der Waals surface area contributed by atoms with Crippen molar-refractivity contribution in [2.75, 3.05) is 13.1 Å². The number of carbonyl (C=O) groups excluding carboxylic acids is 1. The quantitative estimate of drug-likeness (QED) is 0.834. The van der Waals surface area contributed by atoms with Crippen molar-refractivity contribution < 1.29 is 14.7 Å². The highest BCUT2D eigenvalue weighted by Gasteiger charge is 2.27. The third kappa shape index (κ3) is 4.86. The third-order valence-electron chi connectivity index (χ3n) is 3.87. The van der Waals surface area contributed by atoms with E-state index in [1.54, 1.807) is 0 Å². The fourth-order valence-corrected chi connectivity index (χ4v) is 2.68. The maximum atomic E-state index is 12.0. The Bertz CT molecular complexity index is 499. The molecule has 1 aliphatic rings. The van der Waals surface area contributed by atoms with E-state index in [1.807, 2.05) is 36.1 Å². The minimum absolute atomic E-state index is 0.00683. The highest BCUT2D eigenvalue weighted by molar-refractivity contribution is 5.78. The Kier molecular flexibility index (Phi) is 5.33. The monoisotopic (exact) mass is 290 g/mol. The van der Waals surface area contributed by atoms with Crippen molar-refractivity contribution in [3.8, 4) is 0 Å². The van der Waals surface area contributed by atoms with Crippen molar-refractivity contribution in [3.63, 3.8) is 0 Å². The van der Waals surface area contributed by atoms with E-state index in [2.05, 4.69) is 5.32 Å². The summed E-state index contributed by atoms with van der Waals surface area (Å²) >= 11 is 0. The summed E-state index contributed by atoms with van der Waals surface area (Å²) in [5.41, 5.74) is 2.26. The second-order valence-electron chi connectivity index (χ2n) is 5.63. The molecule has 1 fully saturated rings. The molecule has 2 N–H and O–H groups in total. The summed E-state index contributed by atoms with van der Waals surface area (Å²) in [6.07, 6.45) is 1.94. The molecule has 1 unspecified atom stereocenters. The first-order valence-electron chi connectivity index (χ1n) is 7.32. The van der Waals surface area contributed by atoms with E-state index in [0.717, 1.165) is 24.9 Å². The smallest absolute Gasteiger partial charge is 0.304 e. The number of hydrogen-bond donors (Lipinski definition) is 2. The van der Waals surface area contributed by atoms with Gasteiger partial charge in [0.15, 0.2) is 0 Å². The standard InChI is InChI=1S/C16H22N2O3/c1-12-4-6-13(7-5-12)10-17-15(19)11-18-8-2-3-14(18)9-16(20)21/h4-7,14H,2-3,8-11H2,1H3,(H,17,19)(H,20,21). The van der Waals surface area contributed by atoms with Gasteiger partial charge in [-0.1, -0.05) is 29.8 Å². The molecular weight excluding hydrogens is 268 g/mol. The zero-order valence-corrected chi connectivity index (χ0v) is 12.3. The normalized spacial score (nSPS) is 18.6. The molecule has 21 heavy (non-hydrogen) atoms. The number of carbonyl (C=O) groups is 2. The summed E-state index contributed by atoms with van der Waals surface area (Å²) in [6, 6.07) is 8.03. The Balaban J connectivity index is 1.78. The van der Waals surface area contributed by atoms with Crippen LogP contribution < -0.4 is 5.32 Å². The molecule has 0 spiro atoms. The number of nitrogens with one attached hydrogen (secondary N) is 1. The average Bonchev–Trinajstić information content (AvgIpc) is 2.84. The van der Waals surface area contributed by atoms with Crippen LogP contribution in [0.5, 0.6) is 0 Å². The average molecular weight is 290 g/mol. The number of carboxylic acids is 1. The molecule has 1 saturated heterocycles. The number of rotatable bonds is 6. The summed E-state index contributed by atoms with van der Waals surface area (Å²) in [4.78, 5) is 24.7. The maximum absolute atomic E-state index is 12.0. The van der Waals surface area contributed by atoms with Gasteiger partial charge in [-0.2, -0.15) is 0 Å². The molecule has 0 bridgehead atoms. The van der Waals surface area contributed by atoms with Gasteiger partial charge >= 0.3 is 5.97 Å². The number of carboxylic acid groups (broad SMARTS) is 1. The van der Waals surface area contributed by atoms with Crippen LogP contribution in [0.25, 0.3) is 0 Å². The number of benzene rings is 1. The summed E-state index contributed by atoms with van der Waals surface area (Å²) in [7, 11) is 0. The summed E-state index contributed by atoms with van der Waals surface area (Å²) < 4.78 is 0. The zero-order chi connectivity index (χ0) is 15.2. The second kappa shape index (κ2) is 7.22. The minimum atomic E-state index is -0.799. The fraction of sp³-hybridized carbons (Fsp3) is 0.500. The van der Waals surface area contributed by atoms with Crippen LogP contribution in [0.1, 0.15) is 30.4 Å². The summed E-state index contributed by atoms with van der Waals surface area (Å²) in [6.45, 7) is 3.62. The van der Waals surface area contributed by atoms with Crippen molar-refractivity contribution in [2.24, 2.45) is 0 Å². The maximum Gasteiger partial charge on any atom is 0.304 e. The number of amides is 1. The molecule has 0 saturated carbocycles. The Morgan fingerprint density at radius 2 is 2.05 bits per heavy atom. The van der Waals surface area contributed by atoms with E-state index in [0.29, 0.717) is 6.54 Å². The van der Waals surface area contributed by atoms with Crippen LogP contribution in [0.2, 0.25) is 0 Å². The Hall–Kier alpha value is -1.88. The SMILES string of the molecule is Cc1ccc(CNC(=O)CN2CCCC2CC(=O)O)cc1. The molecule has 5 heteroatoms. The van der Waals surface area contributed by atoms with Gasteiger partial charge in [-0.25, -0.2) is 0 Å². The van der Waals surface area contributed by atoms with Gasteiger partial charge in [-0.05, 0) is 31.9 Å². The molecule has 2 rings (SSSR count). The van der Waals surface area contributed by atoms with Crippen molar-refractivity contribution in [3.05, 3.63) is 35.4 Å². The topological polar surface area (TPSA) is 69.6 Å². The van der Waals surface area contributed by atoms with Gasteiger partial charge in [-0.3, -0.25) is 14.5 Å². The third-order valence-corrected chi connectivity index (χ3v) is 3.87. The first kappa shape index (κ1) is 15.5. The van der Waals surface area contributed by atoms with Crippen LogP contribution in [0.4, 0.5) is 0 Å². The molecule has 1 atom stereocenters. The van der Waals surface area contributed by atoms with E-state index in [9.17, 15) is 9.59 Å². The first-order chi connectivity index (χ1) is 10.0. The molecule has 1 aromatic carbocycles. The predicted octanol–water partition coefficient (Wildman–Crippen LogP) is 1.55. The van der Waals surface area contributed by atoms with Crippen molar-refractivity contribution in [2.45, 2.75) is 38.8 Å². The zero-order valence-electron chi connectivity index (χ0n) is 12.3. The van der Waals surface area contributed by atoms with Crippen molar-refractivity contribution >= 4 is 11.9 Å². The van der Waals surface area contributed by atoms with Gasteiger partial charge in [0.1, 0.15) is 0 Å². The number of hydrogen-bond acceptors (Lipinski definition) is 3. The van der Waals surface area contributed by atoms with E-state index in [1.165, 1.54) is 5.56 Å². The number of aliphatic carboxylic acids is 1. The van der Waals surface area contributed by atoms with Gasteiger partial charge in [0.2, 0.25) is 5.91 Å². The molecule has 1 aliphatic heterocycles. The largest absolute Gasteiger partial charge is 0.481 e. The lowest BCUT2D eigenvalue weighted by Crippen LogP contribution is -2.40. The summed E-state index contributed by atoms with van der Waals surface area (Å²) in [5, 5.41) is 11.8. The lowest BCUT2D eigenvalue weighted by atomic mass is 10.1. The van der Waals surface area contributed by atoms with E-state index >= 15 is 0 Å². The Morgan fingerprint density at radius 3 is 2.71 bits per heavy atom. The van der Waals surface area contributed by atoms with E-state index in [-0.39, 0.29) is 24.9 Å². The molecule has 114 valence electrons. The van der Waals surface area contributed by atoms with Gasteiger partial charge in [0.05, 0.1) is 13.0 Å². The molecule has 5 nitrogen and oxygen atoms in total. The first-order valence-corrected chi connectivity index (χ1v) is 7.32. The Labute approximate surface area is 125 Å². The van der Waals surface area contributed by atoms with E-state index in [4.69, 9.17) is 5.11 Å². The highest BCUT2D eigenvalue weighted by Crippen LogP contribution is 2.19. The second-order valence-corrected chi connectivity index (χ2v) is 5.63. The molecule has 1 aromatic rings. The van der Waals surface area contributed by atoms with E-state index < -0.39 is 5.97 Å². The van der Waals surface area contributed by atoms with Gasteiger partial charge in [-0.15, -0.1) is 0 Å².